The minimum absolute atomic E-state index is 0.161. The van der Waals surface area contributed by atoms with Gasteiger partial charge in [-0.3, -0.25) is 0 Å². The molecule has 4 heteroatoms. The van der Waals surface area contributed by atoms with Crippen LogP contribution in [0.3, 0.4) is 0 Å². The van der Waals surface area contributed by atoms with Crippen molar-refractivity contribution in [2.75, 3.05) is 12.4 Å². The zero-order valence-corrected chi connectivity index (χ0v) is 12.8. The van der Waals surface area contributed by atoms with Crippen molar-refractivity contribution in [3.8, 4) is 17.1 Å². The predicted molar refractivity (Wildman–Crippen MR) is 84.8 cm³/mol. The molecular weight excluding hydrogens is 262 g/mol. The number of nitrogens with one attached hydrogen (secondary N) is 1. The summed E-state index contributed by atoms with van der Waals surface area (Å²) < 4.78 is 5.75. The number of benzene rings is 1. The lowest BCUT2D eigenvalue weighted by molar-refractivity contribution is 0.242. The third-order valence-corrected chi connectivity index (χ3v) is 3.63. The van der Waals surface area contributed by atoms with Crippen LogP contribution in [0.1, 0.15) is 31.5 Å². The molecule has 1 N–H and O–H groups in total. The largest absolute Gasteiger partial charge is 0.491 e. The van der Waals surface area contributed by atoms with Gasteiger partial charge in [-0.25, -0.2) is 9.97 Å². The highest BCUT2D eigenvalue weighted by Crippen LogP contribution is 2.30. The zero-order valence-electron chi connectivity index (χ0n) is 12.8. The summed E-state index contributed by atoms with van der Waals surface area (Å²) in [5.74, 6) is 2.59. The van der Waals surface area contributed by atoms with Gasteiger partial charge >= 0.3 is 0 Å². The number of nitrogens with zero attached hydrogens (tertiary/aromatic N) is 2. The Balaban J connectivity index is 2.00. The number of aromatic nitrogens is 2. The van der Waals surface area contributed by atoms with E-state index < -0.39 is 0 Å². The highest BCUT2D eigenvalue weighted by Gasteiger charge is 2.19. The van der Waals surface area contributed by atoms with Crippen molar-refractivity contribution in [2.45, 2.75) is 39.2 Å². The molecule has 0 spiro atoms. The molecule has 1 aliphatic carbocycles. The Bertz CT molecular complexity index is 652. The average molecular weight is 283 g/mol. The summed E-state index contributed by atoms with van der Waals surface area (Å²) in [5.41, 5.74) is 3.45. The number of rotatable bonds is 4. The fraction of sp³-hybridized carbons (Fsp3) is 0.412. The summed E-state index contributed by atoms with van der Waals surface area (Å²) >= 11 is 0. The standard InChI is InChI=1S/C17H21N3O/c1-11(2)21-13-7-4-6-12(10-13)16-19-15-9-5-8-14(15)17(18-3)20-16/h4,6-7,10-11H,5,8-9H2,1-3H3,(H,18,19,20). The van der Waals surface area contributed by atoms with Gasteiger partial charge in [0.15, 0.2) is 5.82 Å². The molecule has 3 rings (SSSR count). The van der Waals surface area contributed by atoms with Crippen molar-refractivity contribution in [3.05, 3.63) is 35.5 Å². The Morgan fingerprint density at radius 2 is 2.05 bits per heavy atom. The molecule has 0 saturated carbocycles. The lowest BCUT2D eigenvalue weighted by Gasteiger charge is -2.12. The van der Waals surface area contributed by atoms with E-state index in [1.165, 1.54) is 17.7 Å². The lowest BCUT2D eigenvalue weighted by Crippen LogP contribution is -2.06. The molecule has 0 unspecified atom stereocenters. The van der Waals surface area contributed by atoms with Crippen LogP contribution >= 0.6 is 0 Å². The normalized spacial score (nSPS) is 13.3. The highest BCUT2D eigenvalue weighted by atomic mass is 16.5. The van der Waals surface area contributed by atoms with Crippen LogP contribution in [-0.2, 0) is 12.8 Å². The van der Waals surface area contributed by atoms with Crippen LogP contribution in [0.25, 0.3) is 11.4 Å². The van der Waals surface area contributed by atoms with E-state index in [2.05, 4.69) is 10.3 Å². The van der Waals surface area contributed by atoms with Crippen LogP contribution in [0, 0.1) is 0 Å². The Labute approximate surface area is 125 Å². The molecule has 21 heavy (non-hydrogen) atoms. The summed E-state index contributed by atoms with van der Waals surface area (Å²) in [6.07, 6.45) is 3.44. The van der Waals surface area contributed by atoms with Gasteiger partial charge in [-0.1, -0.05) is 12.1 Å². The van der Waals surface area contributed by atoms with Crippen LogP contribution in [-0.4, -0.2) is 23.1 Å². The van der Waals surface area contributed by atoms with Gasteiger partial charge < -0.3 is 10.1 Å². The molecule has 0 aliphatic heterocycles. The molecule has 1 aromatic heterocycles. The molecule has 0 atom stereocenters. The fourth-order valence-corrected chi connectivity index (χ4v) is 2.75. The number of aryl methyl sites for hydroxylation is 1. The molecule has 1 aromatic carbocycles. The summed E-state index contributed by atoms with van der Waals surface area (Å²) in [6.45, 7) is 4.05. The number of hydrogen-bond acceptors (Lipinski definition) is 4. The lowest BCUT2D eigenvalue weighted by atomic mass is 10.1. The monoisotopic (exact) mass is 283 g/mol. The molecule has 1 aliphatic rings. The first-order valence-corrected chi connectivity index (χ1v) is 7.52. The summed E-state index contributed by atoms with van der Waals surface area (Å²) in [5, 5.41) is 3.20. The third kappa shape index (κ3) is 2.84. The SMILES string of the molecule is CNc1nc(-c2cccc(OC(C)C)c2)nc2c1CCC2. The third-order valence-electron chi connectivity index (χ3n) is 3.63. The first-order valence-electron chi connectivity index (χ1n) is 7.52. The van der Waals surface area contributed by atoms with E-state index in [0.29, 0.717) is 0 Å². The van der Waals surface area contributed by atoms with Crippen molar-refractivity contribution in [1.29, 1.82) is 0 Å². The Morgan fingerprint density at radius 3 is 2.81 bits per heavy atom. The second-order valence-electron chi connectivity index (χ2n) is 5.62. The van der Waals surface area contributed by atoms with E-state index in [4.69, 9.17) is 9.72 Å². The fourth-order valence-electron chi connectivity index (χ4n) is 2.75. The van der Waals surface area contributed by atoms with Crippen LogP contribution < -0.4 is 10.1 Å². The van der Waals surface area contributed by atoms with Gasteiger partial charge in [0, 0.05) is 23.9 Å². The van der Waals surface area contributed by atoms with E-state index in [1.807, 2.05) is 45.2 Å². The molecule has 0 radical (unpaired) electrons. The molecule has 0 fully saturated rings. The number of ether oxygens (including phenoxy) is 1. The van der Waals surface area contributed by atoms with E-state index in [-0.39, 0.29) is 6.10 Å². The highest BCUT2D eigenvalue weighted by molar-refractivity contribution is 5.62. The minimum atomic E-state index is 0.161. The van der Waals surface area contributed by atoms with E-state index >= 15 is 0 Å². The zero-order chi connectivity index (χ0) is 14.8. The van der Waals surface area contributed by atoms with E-state index in [0.717, 1.165) is 35.8 Å². The predicted octanol–water partition coefficient (Wildman–Crippen LogP) is 3.46. The Hall–Kier alpha value is -2.10. The second-order valence-corrected chi connectivity index (χ2v) is 5.62. The quantitative estimate of drug-likeness (QED) is 0.933. The van der Waals surface area contributed by atoms with Crippen molar-refractivity contribution >= 4 is 5.82 Å². The maximum Gasteiger partial charge on any atom is 0.161 e. The summed E-state index contributed by atoms with van der Waals surface area (Å²) in [6, 6.07) is 8.00. The van der Waals surface area contributed by atoms with Crippen molar-refractivity contribution in [2.24, 2.45) is 0 Å². The maximum absolute atomic E-state index is 5.75. The van der Waals surface area contributed by atoms with Crippen molar-refractivity contribution < 1.29 is 4.74 Å². The van der Waals surface area contributed by atoms with Gasteiger partial charge in [0.1, 0.15) is 11.6 Å². The molecule has 4 nitrogen and oxygen atoms in total. The van der Waals surface area contributed by atoms with Crippen molar-refractivity contribution in [3.63, 3.8) is 0 Å². The van der Waals surface area contributed by atoms with Gasteiger partial charge in [0.25, 0.3) is 0 Å². The van der Waals surface area contributed by atoms with Crippen LogP contribution in [0.15, 0.2) is 24.3 Å². The molecule has 0 bridgehead atoms. The average Bonchev–Trinajstić information content (AvgIpc) is 2.94. The van der Waals surface area contributed by atoms with Crippen LogP contribution in [0.5, 0.6) is 5.75 Å². The smallest absolute Gasteiger partial charge is 0.161 e. The number of anilines is 1. The second kappa shape index (κ2) is 5.72. The molecular formula is C17H21N3O. The van der Waals surface area contributed by atoms with Crippen molar-refractivity contribution in [1.82, 2.24) is 9.97 Å². The summed E-state index contributed by atoms with van der Waals surface area (Å²) in [7, 11) is 1.92. The molecule has 110 valence electrons. The first kappa shape index (κ1) is 13.9. The van der Waals surface area contributed by atoms with Crippen LogP contribution in [0.2, 0.25) is 0 Å². The molecule has 0 saturated heterocycles. The Kier molecular flexibility index (Phi) is 3.78. The number of fused-ring (bicyclic) bond motifs is 1. The van der Waals surface area contributed by atoms with Gasteiger partial charge in [0.2, 0.25) is 0 Å². The van der Waals surface area contributed by atoms with E-state index in [9.17, 15) is 0 Å². The topological polar surface area (TPSA) is 47.0 Å². The van der Waals surface area contributed by atoms with Gasteiger partial charge in [-0.2, -0.15) is 0 Å². The summed E-state index contributed by atoms with van der Waals surface area (Å²) in [4.78, 5) is 9.42. The van der Waals surface area contributed by atoms with E-state index in [1.54, 1.807) is 0 Å². The molecule has 0 amide bonds. The van der Waals surface area contributed by atoms with Gasteiger partial charge in [-0.15, -0.1) is 0 Å². The van der Waals surface area contributed by atoms with Gasteiger partial charge in [-0.05, 0) is 45.2 Å². The van der Waals surface area contributed by atoms with Gasteiger partial charge in [0.05, 0.1) is 6.10 Å². The minimum Gasteiger partial charge on any atom is -0.491 e. The van der Waals surface area contributed by atoms with Crippen LogP contribution in [0.4, 0.5) is 5.82 Å². The molecule has 1 heterocycles. The number of hydrogen-bond donors (Lipinski definition) is 1. The maximum atomic E-state index is 5.75. The Morgan fingerprint density at radius 1 is 1.19 bits per heavy atom. The first-order chi connectivity index (χ1) is 10.2. The molecule has 2 aromatic rings.